The summed E-state index contributed by atoms with van der Waals surface area (Å²) in [6.07, 6.45) is 0. The first-order valence-corrected chi connectivity index (χ1v) is 15.7. The highest BCUT2D eigenvalue weighted by molar-refractivity contribution is 6.21. The molecule has 0 amide bonds. The molecular weight excluding hydrogens is 629 g/mol. The van der Waals surface area contributed by atoms with E-state index in [4.69, 9.17) is 29.1 Å². The lowest BCUT2D eigenvalue weighted by Crippen LogP contribution is -2.14. The molecule has 1 nitrogen and oxygen atoms in total. The van der Waals surface area contributed by atoms with Crippen LogP contribution in [0.25, 0.3) is 98.8 Å². The number of rotatable bonds is 3. The molecule has 0 spiro atoms. The Morgan fingerprint density at radius 3 is 1.81 bits per heavy atom. The number of fused-ring (bicyclic) bond motifs is 10. The molecule has 244 valence electrons. The fraction of sp³-hybridized carbons (Fsp3) is 0.0588. The lowest BCUT2D eigenvalue weighted by Gasteiger charge is -2.23. The van der Waals surface area contributed by atoms with Crippen molar-refractivity contribution in [2.75, 3.05) is 0 Å². The predicted molar refractivity (Wildman–Crippen MR) is 220 cm³/mol. The summed E-state index contributed by atoms with van der Waals surface area (Å²) >= 11 is 0. The van der Waals surface area contributed by atoms with Crippen molar-refractivity contribution >= 4 is 54.3 Å². The summed E-state index contributed by atoms with van der Waals surface area (Å²) in [5, 5.41) is -4.72. The minimum absolute atomic E-state index is 0.285. The molecule has 9 aromatic carbocycles. The number of benzene rings is 9. The highest BCUT2D eigenvalue weighted by Crippen LogP contribution is 2.51. The molecule has 0 saturated heterocycles. The molecular formula is C51H34O. The van der Waals surface area contributed by atoms with Crippen molar-refractivity contribution < 1.29 is 45.5 Å². The van der Waals surface area contributed by atoms with Gasteiger partial charge < -0.3 is 4.42 Å². The third-order valence-electron chi connectivity index (χ3n) is 9.27. The van der Waals surface area contributed by atoms with Gasteiger partial charge in [0, 0.05) is 25.7 Å². The van der Waals surface area contributed by atoms with E-state index in [9.17, 15) is 16.4 Å². The van der Waals surface area contributed by atoms with Crippen molar-refractivity contribution in [3.63, 3.8) is 0 Å². The monoisotopic (exact) mass is 692 g/mol. The Morgan fingerprint density at radius 2 is 1.08 bits per heavy atom. The van der Waals surface area contributed by atoms with E-state index in [1.54, 1.807) is 0 Å². The van der Waals surface area contributed by atoms with Crippen LogP contribution in [-0.4, -0.2) is 0 Å². The Labute approximate surface area is 344 Å². The van der Waals surface area contributed by atoms with Gasteiger partial charge in [0.2, 0.25) is 0 Å². The van der Waals surface area contributed by atoms with E-state index in [-0.39, 0.29) is 11.1 Å². The fourth-order valence-corrected chi connectivity index (χ4v) is 6.91. The summed E-state index contributed by atoms with van der Waals surface area (Å²) in [5.74, 6) is 0. The van der Waals surface area contributed by atoms with Gasteiger partial charge >= 0.3 is 0 Å². The molecule has 1 heterocycles. The van der Waals surface area contributed by atoms with Crippen LogP contribution >= 0.6 is 0 Å². The Bertz CT molecular complexity index is 4660. The molecule has 1 unspecified atom stereocenters. The van der Waals surface area contributed by atoms with Gasteiger partial charge in [-0.2, -0.15) is 0 Å². The summed E-state index contributed by atoms with van der Waals surface area (Å²) in [7, 11) is 0. The largest absolute Gasteiger partial charge is 0.455 e. The highest BCUT2D eigenvalue weighted by atomic mass is 16.3. The Kier molecular flexibility index (Phi) is 2.56. The van der Waals surface area contributed by atoms with Crippen molar-refractivity contribution in [1.82, 2.24) is 0 Å². The van der Waals surface area contributed by atoms with E-state index >= 15 is 0 Å². The molecule has 0 saturated carbocycles. The molecule has 0 N–H and O–H groups in total. The molecule has 0 bridgehead atoms. The second kappa shape index (κ2) is 10.8. The van der Waals surface area contributed by atoms with Gasteiger partial charge in [-0.3, -0.25) is 0 Å². The van der Waals surface area contributed by atoms with E-state index in [1.165, 1.54) is 0 Å². The second-order valence-corrected chi connectivity index (χ2v) is 12.2. The molecule has 10 aromatic rings. The van der Waals surface area contributed by atoms with Crippen LogP contribution in [0.5, 0.6) is 0 Å². The summed E-state index contributed by atoms with van der Waals surface area (Å²) in [4.78, 5) is 0. The first kappa shape index (κ1) is 12.4. The topological polar surface area (TPSA) is 13.1 Å². The van der Waals surface area contributed by atoms with Gasteiger partial charge in [-0.05, 0) is 107 Å². The number of hydrogen-bond donors (Lipinski definition) is 0. The van der Waals surface area contributed by atoms with Gasteiger partial charge in [0.1, 0.15) is 11.2 Å². The van der Waals surface area contributed by atoms with E-state index < -0.39 is 274 Å². The maximum absolute atomic E-state index is 9.95. The zero-order valence-corrected chi connectivity index (χ0v) is 26.5. The summed E-state index contributed by atoms with van der Waals surface area (Å²) in [6, 6.07) is -23.2. The van der Waals surface area contributed by atoms with Crippen molar-refractivity contribution in [1.29, 1.82) is 0 Å². The van der Waals surface area contributed by atoms with Crippen LogP contribution < -0.4 is 0 Å². The molecule has 1 heteroatoms. The minimum Gasteiger partial charge on any atom is -0.455 e. The van der Waals surface area contributed by atoms with Crippen LogP contribution in [0, 0.1) is 0 Å². The second-order valence-electron chi connectivity index (χ2n) is 12.2. The Balaban J connectivity index is 1.30. The first-order chi connectivity index (χ1) is 38.0. The lowest BCUT2D eigenvalue weighted by molar-refractivity contribution is 0.660. The van der Waals surface area contributed by atoms with E-state index in [0.29, 0.717) is 0 Å². The molecule has 11 rings (SSSR count). The SMILES string of the molecule is [2H]c1cc2c(c([2H])c1-c1c3c([2H])c([2H])c([2H])c([2H])c3c(-c3c([2H])c([2H])c(-c4c([2H])c([2H])c5oc6c7c([2H])c([2H])c([2H])c([2H])c7c([2H])c([2H])c6c5c4[2H])c([2H])c3[2H])c3c([2H])c([2H])c([2H])c([2H])c13)C(C)(C([2H])([2H])[2H])c1c([2H])c([2H])c([2H])c([2H])c1-2. The lowest BCUT2D eigenvalue weighted by atomic mass is 9.80. The van der Waals surface area contributed by atoms with Crippen LogP contribution in [0.1, 0.15) is 66.0 Å². The standard InChI is InChI=1S/C51H34O/c1-51(2)45-18-10-9-13-37(45)38-26-24-35(30-46(38)51)49-41-16-7-5-14-39(41)48(40-15-6-8-17-42(40)49)33-21-19-31(20-22-33)34-25-28-47-44(29-34)43-27-23-32-11-3-4-12-36(32)50(43)52-47/h3-30H,1-2H3/i1D3,3D,4D,5D,6D,7D,8D,9D,10D,11D,12D,13D,14D,15D,16D,17D,18D,19D,20D,21D,22D,23D,24D,25D,27D,28D,29D,30D. The Morgan fingerprint density at radius 1 is 0.462 bits per heavy atom. The molecule has 0 aliphatic heterocycles. The molecule has 1 aromatic heterocycles. The minimum atomic E-state index is -3.24. The van der Waals surface area contributed by atoms with Gasteiger partial charge in [-0.25, -0.2) is 0 Å². The van der Waals surface area contributed by atoms with E-state index in [0.717, 1.165) is 13.0 Å². The summed E-state index contributed by atoms with van der Waals surface area (Å²) in [6.45, 7) is -2.14. The molecule has 1 aliphatic carbocycles. The van der Waals surface area contributed by atoms with Crippen molar-refractivity contribution in [2.45, 2.75) is 19.2 Å². The summed E-state index contributed by atoms with van der Waals surface area (Å²) < 4.78 is 278. The number of hydrogen-bond acceptors (Lipinski definition) is 1. The van der Waals surface area contributed by atoms with Gasteiger partial charge in [0.25, 0.3) is 0 Å². The molecule has 1 atom stereocenters. The molecule has 52 heavy (non-hydrogen) atoms. The normalized spacial score (nSPS) is 23.6. The Hall–Kier alpha value is -6.44. The fourth-order valence-electron chi connectivity index (χ4n) is 6.91. The average molecular weight is 693 g/mol. The number of furan rings is 1. The molecule has 1 aliphatic rings. The maximum Gasteiger partial charge on any atom is 0.143 e. The molecule has 0 fully saturated rings. The smallest absolute Gasteiger partial charge is 0.143 e. The third kappa shape index (κ3) is 4.11. The van der Waals surface area contributed by atoms with E-state index in [1.807, 2.05) is 0 Å². The van der Waals surface area contributed by atoms with Crippen LogP contribution in [0.3, 0.4) is 0 Å². The van der Waals surface area contributed by atoms with Crippen LogP contribution in [0.4, 0.5) is 0 Å². The van der Waals surface area contributed by atoms with Crippen LogP contribution in [-0.2, 0) is 5.41 Å². The van der Waals surface area contributed by atoms with Gasteiger partial charge in [-0.1, -0.05) is 159 Å². The summed E-state index contributed by atoms with van der Waals surface area (Å²) in [5.41, 5.74) is -9.79. The van der Waals surface area contributed by atoms with Crippen molar-refractivity contribution in [3.8, 4) is 44.5 Å². The van der Waals surface area contributed by atoms with Crippen molar-refractivity contribution in [2.24, 2.45) is 0 Å². The van der Waals surface area contributed by atoms with E-state index in [2.05, 4.69) is 0 Å². The first-order valence-electron chi connectivity index (χ1n) is 30.7. The maximum atomic E-state index is 9.95. The third-order valence-corrected chi connectivity index (χ3v) is 9.27. The average Bonchev–Trinajstić information content (AvgIpc) is 1.41. The van der Waals surface area contributed by atoms with Crippen molar-refractivity contribution in [3.05, 3.63) is 180 Å². The van der Waals surface area contributed by atoms with Gasteiger partial charge in [0.15, 0.2) is 0 Å². The van der Waals surface area contributed by atoms with Gasteiger partial charge in [0.05, 0.1) is 37.0 Å². The van der Waals surface area contributed by atoms with Gasteiger partial charge in [-0.15, -0.1) is 0 Å². The molecule has 0 radical (unpaired) electrons. The zero-order chi connectivity index (χ0) is 60.5. The quantitative estimate of drug-likeness (QED) is 0.168. The highest BCUT2D eigenvalue weighted by Gasteiger charge is 2.35. The predicted octanol–water partition coefficient (Wildman–Crippen LogP) is 14.4. The van der Waals surface area contributed by atoms with Crippen LogP contribution in [0.15, 0.2) is 174 Å². The van der Waals surface area contributed by atoms with Crippen LogP contribution in [0.2, 0.25) is 0 Å². The zero-order valence-electron chi connectivity index (χ0n) is 56.5.